The Bertz CT molecular complexity index is 237. The lowest BCUT2D eigenvalue weighted by Gasteiger charge is -2.09. The summed E-state index contributed by atoms with van der Waals surface area (Å²) in [6.45, 7) is 0.550. The van der Waals surface area contributed by atoms with E-state index < -0.39 is 6.09 Å². The maximum atomic E-state index is 11.1. The molecule has 1 aliphatic rings. The fourth-order valence-electron chi connectivity index (χ4n) is 1.39. The van der Waals surface area contributed by atoms with Crippen molar-refractivity contribution in [3.05, 3.63) is 0 Å². The Morgan fingerprint density at radius 2 is 2.00 bits per heavy atom. The lowest BCUT2D eigenvalue weighted by molar-refractivity contribution is -0.142. The zero-order valence-electron chi connectivity index (χ0n) is 8.61. The third-order valence-electron chi connectivity index (χ3n) is 2.12. The van der Waals surface area contributed by atoms with Crippen LogP contribution in [0.5, 0.6) is 0 Å². The van der Waals surface area contributed by atoms with Crippen LogP contribution in [0.4, 0.5) is 4.79 Å². The van der Waals surface area contributed by atoms with Crippen LogP contribution >= 0.6 is 12.4 Å². The van der Waals surface area contributed by atoms with Crippen molar-refractivity contribution < 1.29 is 19.1 Å². The number of rotatable bonds is 2. The number of amides is 1. The largest absolute Gasteiger partial charge is 0.468 e. The molecule has 6 nitrogen and oxygen atoms in total. The van der Waals surface area contributed by atoms with Crippen molar-refractivity contribution in [1.82, 2.24) is 10.6 Å². The number of halogens is 1. The highest BCUT2D eigenvalue weighted by molar-refractivity contribution is 5.85. The number of carbonyl (C=O) groups is 2. The fraction of sp³-hybridized carbons (Fsp3) is 0.750. The van der Waals surface area contributed by atoms with E-state index in [2.05, 4.69) is 20.1 Å². The summed E-state index contributed by atoms with van der Waals surface area (Å²) in [5.41, 5.74) is 0. The zero-order chi connectivity index (χ0) is 10.6. The van der Waals surface area contributed by atoms with Crippen LogP contribution in [-0.4, -0.2) is 44.9 Å². The highest BCUT2D eigenvalue weighted by Crippen LogP contribution is 2.07. The second-order valence-corrected chi connectivity index (χ2v) is 3.05. The van der Waals surface area contributed by atoms with Crippen LogP contribution in [-0.2, 0) is 14.3 Å². The van der Waals surface area contributed by atoms with Gasteiger partial charge in [-0.3, -0.25) is 4.79 Å². The van der Waals surface area contributed by atoms with Crippen LogP contribution < -0.4 is 10.6 Å². The first-order valence-electron chi connectivity index (χ1n) is 4.33. The lowest BCUT2D eigenvalue weighted by atomic mass is 10.2. The first-order chi connectivity index (χ1) is 6.67. The molecule has 1 rings (SSSR count). The maximum Gasteiger partial charge on any atom is 0.407 e. The van der Waals surface area contributed by atoms with Gasteiger partial charge in [0.2, 0.25) is 0 Å². The smallest absolute Gasteiger partial charge is 0.407 e. The summed E-state index contributed by atoms with van der Waals surface area (Å²) >= 11 is 0. The average Bonchev–Trinajstić information content (AvgIpc) is 2.65. The van der Waals surface area contributed by atoms with Gasteiger partial charge in [0.15, 0.2) is 0 Å². The van der Waals surface area contributed by atoms with Crippen LogP contribution in [0.25, 0.3) is 0 Å². The topological polar surface area (TPSA) is 76.7 Å². The van der Waals surface area contributed by atoms with Crippen LogP contribution in [0.1, 0.15) is 6.42 Å². The van der Waals surface area contributed by atoms with Crippen LogP contribution in [0.15, 0.2) is 0 Å². The average molecular weight is 239 g/mol. The number of hydrogen-bond acceptors (Lipinski definition) is 5. The zero-order valence-corrected chi connectivity index (χ0v) is 9.43. The van der Waals surface area contributed by atoms with Crippen molar-refractivity contribution in [1.29, 1.82) is 0 Å². The van der Waals surface area contributed by atoms with E-state index in [-0.39, 0.29) is 30.5 Å². The van der Waals surface area contributed by atoms with Crippen molar-refractivity contribution in [3.8, 4) is 0 Å². The summed E-state index contributed by atoms with van der Waals surface area (Å²) < 4.78 is 9.01. The van der Waals surface area contributed by atoms with Gasteiger partial charge in [0.25, 0.3) is 0 Å². The highest BCUT2D eigenvalue weighted by atomic mass is 35.5. The number of alkyl carbamates (subject to hydrolysis) is 1. The molecule has 0 bridgehead atoms. The number of esters is 1. The molecule has 1 aliphatic heterocycles. The summed E-state index contributed by atoms with van der Waals surface area (Å²) in [7, 11) is 2.64. The van der Waals surface area contributed by atoms with E-state index in [0.717, 1.165) is 0 Å². The predicted molar refractivity (Wildman–Crippen MR) is 55.0 cm³/mol. The molecule has 0 saturated carbocycles. The van der Waals surface area contributed by atoms with Crippen molar-refractivity contribution in [2.75, 3.05) is 20.8 Å². The van der Waals surface area contributed by atoms with E-state index in [9.17, 15) is 9.59 Å². The van der Waals surface area contributed by atoms with E-state index in [1.54, 1.807) is 0 Å². The van der Waals surface area contributed by atoms with E-state index in [0.29, 0.717) is 13.0 Å². The number of ether oxygens (including phenoxy) is 2. The Kier molecular flexibility index (Phi) is 6.03. The van der Waals surface area contributed by atoms with Gasteiger partial charge in [-0.1, -0.05) is 0 Å². The molecule has 0 aromatic rings. The highest BCUT2D eigenvalue weighted by Gasteiger charge is 2.30. The molecular formula is C8H15ClN2O4. The molecule has 0 radical (unpaired) electrons. The van der Waals surface area contributed by atoms with E-state index in [4.69, 9.17) is 0 Å². The first kappa shape index (κ1) is 14.0. The summed E-state index contributed by atoms with van der Waals surface area (Å²) in [5.74, 6) is -0.306. The van der Waals surface area contributed by atoms with Crippen molar-refractivity contribution >= 4 is 24.5 Å². The molecular weight excluding hydrogens is 224 g/mol. The van der Waals surface area contributed by atoms with E-state index in [1.165, 1.54) is 14.2 Å². The predicted octanol–water partition coefficient (Wildman–Crippen LogP) is -0.332. The van der Waals surface area contributed by atoms with Crippen molar-refractivity contribution in [2.24, 2.45) is 0 Å². The Morgan fingerprint density at radius 3 is 2.53 bits per heavy atom. The minimum atomic E-state index is -0.484. The quantitative estimate of drug-likeness (QED) is 0.644. The number of methoxy groups -OCH3 is 2. The van der Waals surface area contributed by atoms with Gasteiger partial charge in [-0.15, -0.1) is 12.4 Å². The molecule has 0 aliphatic carbocycles. The second kappa shape index (κ2) is 6.47. The van der Waals surface area contributed by atoms with Crippen LogP contribution in [0.2, 0.25) is 0 Å². The van der Waals surface area contributed by atoms with Gasteiger partial charge >= 0.3 is 12.1 Å². The number of nitrogens with one attached hydrogen (secondary N) is 2. The minimum Gasteiger partial charge on any atom is -0.468 e. The monoisotopic (exact) mass is 238 g/mol. The minimum absolute atomic E-state index is 0. The van der Waals surface area contributed by atoms with Gasteiger partial charge in [-0.25, -0.2) is 4.79 Å². The molecule has 1 fully saturated rings. The number of hydrogen-bond donors (Lipinski definition) is 2. The lowest BCUT2D eigenvalue weighted by Crippen LogP contribution is -2.35. The fourth-order valence-corrected chi connectivity index (χ4v) is 1.39. The number of carbonyl (C=O) groups excluding carboxylic acids is 2. The molecule has 88 valence electrons. The summed E-state index contributed by atoms with van der Waals surface area (Å²) in [5, 5.41) is 5.55. The summed E-state index contributed by atoms with van der Waals surface area (Å²) in [4.78, 5) is 21.9. The molecule has 0 aromatic carbocycles. The molecule has 0 aromatic heterocycles. The maximum absolute atomic E-state index is 11.1. The van der Waals surface area contributed by atoms with Gasteiger partial charge < -0.3 is 20.1 Å². The van der Waals surface area contributed by atoms with Gasteiger partial charge in [0.05, 0.1) is 14.2 Å². The van der Waals surface area contributed by atoms with Gasteiger partial charge in [-0.2, -0.15) is 0 Å². The molecule has 0 unspecified atom stereocenters. The molecule has 0 spiro atoms. The van der Waals surface area contributed by atoms with Gasteiger partial charge in [0, 0.05) is 12.6 Å². The molecule has 7 heteroatoms. The molecule has 1 heterocycles. The second-order valence-electron chi connectivity index (χ2n) is 3.05. The molecule has 2 N–H and O–H groups in total. The third kappa shape index (κ3) is 3.93. The summed E-state index contributed by atoms with van der Waals surface area (Å²) in [6.07, 6.45) is 0.0456. The van der Waals surface area contributed by atoms with E-state index >= 15 is 0 Å². The van der Waals surface area contributed by atoms with Crippen LogP contribution in [0, 0.1) is 0 Å². The molecule has 1 amide bonds. The Labute approximate surface area is 94.1 Å². The normalized spacial score (nSPS) is 23.9. The Hall–Kier alpha value is -1.01. The first-order valence-corrected chi connectivity index (χ1v) is 4.33. The third-order valence-corrected chi connectivity index (χ3v) is 2.12. The molecule has 2 atom stereocenters. The Balaban J connectivity index is 0.00000196. The Morgan fingerprint density at radius 1 is 1.33 bits per heavy atom. The van der Waals surface area contributed by atoms with Gasteiger partial charge in [-0.05, 0) is 6.42 Å². The standard InChI is InChI=1S/C8H14N2O4.ClH/c1-13-7(11)6-3-5(4-9-6)10-8(12)14-2;/h5-6,9H,3-4H2,1-2H3,(H,10,12);1H/t5-,6+;/m1./s1. The van der Waals surface area contributed by atoms with Crippen molar-refractivity contribution in [2.45, 2.75) is 18.5 Å². The van der Waals surface area contributed by atoms with Gasteiger partial charge in [0.1, 0.15) is 6.04 Å². The van der Waals surface area contributed by atoms with Crippen LogP contribution in [0.3, 0.4) is 0 Å². The molecule has 15 heavy (non-hydrogen) atoms. The van der Waals surface area contributed by atoms with E-state index in [1.807, 2.05) is 0 Å². The SMILES string of the molecule is COC(=O)N[C@H]1CN[C@H](C(=O)OC)C1.Cl. The van der Waals surface area contributed by atoms with Crippen molar-refractivity contribution in [3.63, 3.8) is 0 Å². The summed E-state index contributed by atoms with van der Waals surface area (Å²) in [6, 6.07) is -0.409. The molecule has 1 saturated heterocycles.